The van der Waals surface area contributed by atoms with Gasteiger partial charge in [-0.2, -0.15) is 0 Å². The molecule has 1 heterocycles. The summed E-state index contributed by atoms with van der Waals surface area (Å²) >= 11 is 4.90. The maximum absolute atomic E-state index is 11.6. The van der Waals surface area contributed by atoms with Gasteiger partial charge in [-0.05, 0) is 35.0 Å². The van der Waals surface area contributed by atoms with E-state index in [0.29, 0.717) is 10.8 Å². The van der Waals surface area contributed by atoms with Crippen LogP contribution in [0.2, 0.25) is 0 Å². The minimum atomic E-state index is -0.186. The average molecular weight is 254 g/mol. The van der Waals surface area contributed by atoms with Gasteiger partial charge in [0.05, 0.1) is 0 Å². The summed E-state index contributed by atoms with van der Waals surface area (Å²) in [6, 6.07) is 14.1. The van der Waals surface area contributed by atoms with Gasteiger partial charge in [0, 0.05) is 0 Å². The van der Waals surface area contributed by atoms with Crippen LogP contribution >= 0.6 is 12.2 Å². The summed E-state index contributed by atoms with van der Waals surface area (Å²) in [5.41, 5.74) is 3.75. The van der Waals surface area contributed by atoms with Crippen molar-refractivity contribution >= 4 is 29.3 Å². The number of carbonyl (C=O) groups is 1. The molecule has 0 unspecified atom stereocenters. The molecule has 0 atom stereocenters. The molecule has 0 radical (unpaired) electrons. The fourth-order valence-corrected chi connectivity index (χ4v) is 2.21. The lowest BCUT2D eigenvalue weighted by molar-refractivity contribution is -0.115. The molecule has 4 heteroatoms. The maximum atomic E-state index is 11.6. The quantitative estimate of drug-likeness (QED) is 0.605. The van der Waals surface area contributed by atoms with Gasteiger partial charge in [-0.15, -0.1) is 0 Å². The fraction of sp³-hybridized carbons (Fsp3) is 0. The van der Waals surface area contributed by atoms with Crippen LogP contribution in [0.25, 0.3) is 17.2 Å². The van der Waals surface area contributed by atoms with Crippen LogP contribution in [-0.4, -0.2) is 11.0 Å². The Labute approximate surface area is 110 Å². The lowest BCUT2D eigenvalue weighted by Gasteiger charge is -1.97. The van der Waals surface area contributed by atoms with Crippen LogP contribution in [0.3, 0.4) is 0 Å². The zero-order chi connectivity index (χ0) is 12.5. The highest BCUT2D eigenvalue weighted by atomic mass is 32.1. The molecule has 1 amide bonds. The largest absolute Gasteiger partial charge is 0.328 e. The Hall–Kier alpha value is -2.20. The Balaban J connectivity index is 2.05. The number of carbonyl (C=O) groups excluding carboxylic acids is 1. The summed E-state index contributed by atoms with van der Waals surface area (Å²) in [5.74, 6) is -0.186. The highest BCUT2D eigenvalue weighted by molar-refractivity contribution is 7.80. The van der Waals surface area contributed by atoms with E-state index in [4.69, 9.17) is 12.2 Å². The third-order valence-corrected chi connectivity index (χ3v) is 3.05. The van der Waals surface area contributed by atoms with E-state index >= 15 is 0 Å². The number of nitrogens with one attached hydrogen (secondary N) is 2. The van der Waals surface area contributed by atoms with Crippen LogP contribution in [0, 0.1) is 0 Å². The first-order valence-electron chi connectivity index (χ1n) is 5.56. The summed E-state index contributed by atoms with van der Waals surface area (Å²) in [6.07, 6.45) is 1.82. The van der Waals surface area contributed by atoms with E-state index in [-0.39, 0.29) is 5.91 Å². The Morgan fingerprint density at radius 1 is 1.00 bits per heavy atom. The molecular weight excluding hydrogens is 244 g/mol. The minimum Gasteiger partial charge on any atom is -0.328 e. The zero-order valence-corrected chi connectivity index (χ0v) is 10.3. The number of thiocarbonyl (C=S) groups is 1. The Morgan fingerprint density at radius 3 is 2.61 bits per heavy atom. The standard InChI is InChI=1S/C14H10N2OS/c17-13-12(15-14(18)16-13)8-10-7-6-9-4-2-1-3-5-11(9)10/h1-8H,(H2,15,16,17,18)/b12-8-. The molecular formula is C14H10N2OS. The van der Waals surface area contributed by atoms with Gasteiger partial charge in [0.25, 0.3) is 5.91 Å². The molecule has 1 aliphatic heterocycles. The molecule has 88 valence electrons. The normalized spacial score (nSPS) is 17.0. The number of rotatable bonds is 1. The Bertz CT molecular complexity index is 648. The molecule has 1 fully saturated rings. The van der Waals surface area contributed by atoms with E-state index < -0.39 is 0 Å². The van der Waals surface area contributed by atoms with Crippen molar-refractivity contribution in [2.24, 2.45) is 0 Å². The van der Waals surface area contributed by atoms with Crippen molar-refractivity contribution in [1.82, 2.24) is 10.6 Å². The van der Waals surface area contributed by atoms with E-state index in [1.54, 1.807) is 0 Å². The summed E-state index contributed by atoms with van der Waals surface area (Å²) in [6.45, 7) is 0. The molecule has 1 saturated heterocycles. The van der Waals surface area contributed by atoms with Gasteiger partial charge in [-0.1, -0.05) is 42.5 Å². The molecule has 0 saturated carbocycles. The summed E-state index contributed by atoms with van der Waals surface area (Å²) in [4.78, 5) is 11.6. The highest BCUT2D eigenvalue weighted by Crippen LogP contribution is 2.28. The maximum Gasteiger partial charge on any atom is 0.273 e. The van der Waals surface area contributed by atoms with Crippen LogP contribution < -0.4 is 10.6 Å². The number of hydrogen-bond donors (Lipinski definition) is 2. The summed E-state index contributed by atoms with van der Waals surface area (Å²) in [5, 5.41) is 5.75. The first-order chi connectivity index (χ1) is 8.74. The van der Waals surface area contributed by atoms with Crippen LogP contribution in [0.5, 0.6) is 0 Å². The van der Waals surface area contributed by atoms with Crippen LogP contribution in [-0.2, 0) is 4.79 Å². The van der Waals surface area contributed by atoms with Crippen molar-refractivity contribution in [3.05, 3.63) is 53.7 Å². The van der Waals surface area contributed by atoms with E-state index in [9.17, 15) is 4.79 Å². The second kappa shape index (κ2) is 4.23. The van der Waals surface area contributed by atoms with Gasteiger partial charge in [-0.3, -0.25) is 10.1 Å². The van der Waals surface area contributed by atoms with Gasteiger partial charge < -0.3 is 5.32 Å². The number of hydrogen-bond acceptors (Lipinski definition) is 2. The predicted molar refractivity (Wildman–Crippen MR) is 74.9 cm³/mol. The summed E-state index contributed by atoms with van der Waals surface area (Å²) < 4.78 is 0. The van der Waals surface area contributed by atoms with Crippen molar-refractivity contribution in [2.75, 3.05) is 0 Å². The second-order valence-corrected chi connectivity index (χ2v) is 4.44. The molecule has 0 aromatic carbocycles. The smallest absolute Gasteiger partial charge is 0.273 e. The molecule has 3 nitrogen and oxygen atoms in total. The molecule has 18 heavy (non-hydrogen) atoms. The predicted octanol–water partition coefficient (Wildman–Crippen LogP) is 2.14. The molecule has 3 aliphatic rings. The van der Waals surface area contributed by atoms with Gasteiger partial charge in [0.1, 0.15) is 5.70 Å². The first-order valence-corrected chi connectivity index (χ1v) is 5.97. The van der Waals surface area contributed by atoms with Gasteiger partial charge in [0.15, 0.2) is 5.11 Å². The van der Waals surface area contributed by atoms with E-state index in [0.717, 1.165) is 16.7 Å². The van der Waals surface area contributed by atoms with Crippen molar-refractivity contribution in [2.45, 2.75) is 0 Å². The van der Waals surface area contributed by atoms with Gasteiger partial charge in [-0.25, -0.2) is 0 Å². The van der Waals surface area contributed by atoms with E-state index in [1.807, 2.05) is 48.5 Å². The monoisotopic (exact) mass is 254 g/mol. The highest BCUT2D eigenvalue weighted by Gasteiger charge is 2.20. The topological polar surface area (TPSA) is 41.1 Å². The molecule has 0 spiro atoms. The van der Waals surface area contributed by atoms with E-state index in [2.05, 4.69) is 10.6 Å². The first kappa shape index (κ1) is 10.9. The molecule has 0 bridgehead atoms. The van der Waals surface area contributed by atoms with Crippen LogP contribution in [0.4, 0.5) is 0 Å². The molecule has 2 N–H and O–H groups in total. The molecule has 0 aromatic rings. The Kier molecular flexibility index (Phi) is 2.57. The lowest BCUT2D eigenvalue weighted by Crippen LogP contribution is -2.21. The number of fused-ring (bicyclic) bond motifs is 1. The second-order valence-electron chi connectivity index (χ2n) is 4.03. The van der Waals surface area contributed by atoms with Crippen molar-refractivity contribution < 1.29 is 4.79 Å². The summed E-state index contributed by atoms with van der Waals surface area (Å²) in [7, 11) is 0. The lowest BCUT2D eigenvalue weighted by atomic mass is 10.1. The van der Waals surface area contributed by atoms with E-state index in [1.165, 1.54) is 0 Å². The van der Waals surface area contributed by atoms with Gasteiger partial charge in [0.2, 0.25) is 0 Å². The van der Waals surface area contributed by atoms with Crippen LogP contribution in [0.1, 0.15) is 5.56 Å². The minimum absolute atomic E-state index is 0.186. The third kappa shape index (κ3) is 1.87. The third-order valence-electron chi connectivity index (χ3n) is 2.85. The number of amides is 1. The SMILES string of the molecule is O=C1NC(=S)N/C1=C\c1ccc2cccccc1-2. The average Bonchev–Trinajstić information content (AvgIpc) is 2.75. The zero-order valence-electron chi connectivity index (χ0n) is 9.44. The molecule has 2 aliphatic carbocycles. The van der Waals surface area contributed by atoms with Crippen LogP contribution in [0.15, 0.2) is 48.2 Å². The Morgan fingerprint density at radius 2 is 1.83 bits per heavy atom. The molecule has 0 aromatic heterocycles. The van der Waals surface area contributed by atoms with Gasteiger partial charge >= 0.3 is 0 Å². The fourth-order valence-electron chi connectivity index (χ4n) is 2.00. The molecule has 3 rings (SSSR count). The van der Waals surface area contributed by atoms with Crippen molar-refractivity contribution in [1.29, 1.82) is 0 Å². The van der Waals surface area contributed by atoms with Crippen molar-refractivity contribution in [3.63, 3.8) is 0 Å². The van der Waals surface area contributed by atoms with Crippen molar-refractivity contribution in [3.8, 4) is 11.1 Å².